The largest absolute Gasteiger partial charge is 0.464 e. The maximum Gasteiger partial charge on any atom is 0.321 e. The lowest BCUT2D eigenvalue weighted by atomic mass is 10.1. The van der Waals surface area contributed by atoms with Gasteiger partial charge in [-0.2, -0.15) is 0 Å². The van der Waals surface area contributed by atoms with Gasteiger partial charge in [0, 0.05) is 17.0 Å². The molecule has 2 aromatic rings. The summed E-state index contributed by atoms with van der Waals surface area (Å²) in [6, 6.07) is 5.03. The lowest BCUT2D eigenvalue weighted by Crippen LogP contribution is -2.44. The van der Waals surface area contributed by atoms with Gasteiger partial charge in [0.2, 0.25) is 0 Å². The number of carbonyl (C=O) groups is 3. The van der Waals surface area contributed by atoms with Crippen LogP contribution in [0.15, 0.2) is 28.9 Å². The third kappa shape index (κ3) is 5.34. The van der Waals surface area contributed by atoms with Crippen molar-refractivity contribution >= 4 is 28.9 Å². The van der Waals surface area contributed by atoms with Crippen LogP contribution in [-0.2, 0) is 20.7 Å². The van der Waals surface area contributed by atoms with Gasteiger partial charge in [-0.25, -0.2) is 4.79 Å². The van der Waals surface area contributed by atoms with Gasteiger partial charge in [-0.3, -0.25) is 14.9 Å². The maximum absolute atomic E-state index is 11.9. The van der Waals surface area contributed by atoms with E-state index in [9.17, 15) is 14.4 Å². The number of esters is 1. The van der Waals surface area contributed by atoms with Crippen molar-refractivity contribution in [1.29, 1.82) is 0 Å². The molecule has 0 saturated heterocycles. The fourth-order valence-corrected chi connectivity index (χ4v) is 2.20. The van der Waals surface area contributed by atoms with E-state index in [0.717, 1.165) is 17.4 Å². The summed E-state index contributed by atoms with van der Waals surface area (Å²) in [5.41, 5.74) is 2.44. The van der Waals surface area contributed by atoms with Gasteiger partial charge in [-0.1, -0.05) is 19.1 Å². The fraction of sp³-hybridized carbons (Fsp3) is 0.389. The molecule has 0 aliphatic heterocycles. The Balaban J connectivity index is 1.82. The minimum Gasteiger partial charge on any atom is -0.464 e. The number of benzene rings is 1. The van der Waals surface area contributed by atoms with Gasteiger partial charge in [-0.15, -0.1) is 0 Å². The molecule has 7 nitrogen and oxygen atoms in total. The third-order valence-electron chi connectivity index (χ3n) is 3.75. The first-order chi connectivity index (χ1) is 11.9. The van der Waals surface area contributed by atoms with E-state index in [4.69, 9.17) is 9.15 Å². The van der Waals surface area contributed by atoms with Gasteiger partial charge in [0.05, 0.1) is 12.7 Å². The number of urea groups is 1. The molecule has 0 unspecified atom stereocenters. The van der Waals surface area contributed by atoms with E-state index in [1.165, 1.54) is 6.26 Å². The zero-order valence-electron chi connectivity index (χ0n) is 14.5. The zero-order chi connectivity index (χ0) is 18.4. The molecule has 0 fully saturated rings. The topological polar surface area (TPSA) is 97.6 Å². The molecule has 1 heterocycles. The Labute approximate surface area is 145 Å². The summed E-state index contributed by atoms with van der Waals surface area (Å²) < 4.78 is 10.3. The molecule has 2 rings (SSSR count). The second kappa shape index (κ2) is 8.32. The van der Waals surface area contributed by atoms with Crippen LogP contribution in [0.5, 0.6) is 0 Å². The van der Waals surface area contributed by atoms with Crippen molar-refractivity contribution in [2.45, 2.75) is 39.7 Å². The summed E-state index contributed by atoms with van der Waals surface area (Å²) in [5.74, 6) is -1.25. The van der Waals surface area contributed by atoms with Crippen molar-refractivity contribution in [3.05, 3.63) is 35.6 Å². The Morgan fingerprint density at radius 1 is 1.28 bits per heavy atom. The van der Waals surface area contributed by atoms with E-state index in [-0.39, 0.29) is 12.5 Å². The molecule has 1 aromatic carbocycles. The Hall–Kier alpha value is -2.83. The van der Waals surface area contributed by atoms with Crippen molar-refractivity contribution < 1.29 is 23.5 Å². The van der Waals surface area contributed by atoms with Crippen molar-refractivity contribution in [1.82, 2.24) is 10.6 Å². The number of hydrogen-bond acceptors (Lipinski definition) is 5. The second-order valence-corrected chi connectivity index (χ2v) is 5.93. The van der Waals surface area contributed by atoms with E-state index in [0.29, 0.717) is 11.1 Å². The number of fused-ring (bicyclic) bond motifs is 1. The van der Waals surface area contributed by atoms with Gasteiger partial charge < -0.3 is 14.5 Å². The smallest absolute Gasteiger partial charge is 0.321 e. The first kappa shape index (κ1) is 18.5. The van der Waals surface area contributed by atoms with Crippen LogP contribution in [0.3, 0.4) is 0 Å². The van der Waals surface area contributed by atoms with Crippen LogP contribution < -0.4 is 10.6 Å². The molecule has 0 bridgehead atoms. The second-order valence-electron chi connectivity index (χ2n) is 5.93. The van der Waals surface area contributed by atoms with E-state index >= 15 is 0 Å². The van der Waals surface area contributed by atoms with E-state index in [1.54, 1.807) is 0 Å². The molecule has 0 aliphatic carbocycles. The van der Waals surface area contributed by atoms with Gasteiger partial charge in [0.1, 0.15) is 5.58 Å². The van der Waals surface area contributed by atoms with Crippen molar-refractivity contribution in [2.75, 3.05) is 6.61 Å². The molecular formula is C18H22N2O5. The molecule has 134 valence electrons. The Morgan fingerprint density at radius 3 is 2.76 bits per heavy atom. The van der Waals surface area contributed by atoms with Crippen molar-refractivity contribution in [3.8, 4) is 0 Å². The number of imide groups is 1. The number of nitrogens with one attached hydrogen (secondary N) is 2. The first-order valence-electron chi connectivity index (χ1n) is 8.11. The molecular weight excluding hydrogens is 324 g/mol. The predicted octanol–water partition coefficient (Wildman–Crippen LogP) is 2.45. The fourth-order valence-electron chi connectivity index (χ4n) is 2.20. The number of aryl methyl sites for hydroxylation is 1. The maximum atomic E-state index is 11.9. The summed E-state index contributed by atoms with van der Waals surface area (Å²) in [5, 5.41) is 5.53. The lowest BCUT2D eigenvalue weighted by molar-refractivity contribution is -0.147. The molecule has 1 aromatic heterocycles. The number of carbonyl (C=O) groups excluding carboxylic acids is 3. The van der Waals surface area contributed by atoms with Crippen molar-refractivity contribution in [2.24, 2.45) is 0 Å². The highest BCUT2D eigenvalue weighted by Crippen LogP contribution is 2.22. The van der Waals surface area contributed by atoms with Crippen LogP contribution >= 0.6 is 0 Å². The monoisotopic (exact) mass is 346 g/mol. The summed E-state index contributed by atoms with van der Waals surface area (Å²) in [6.45, 7) is 5.17. The molecule has 0 aliphatic rings. The van der Waals surface area contributed by atoms with Crippen LogP contribution in [0.4, 0.5) is 4.79 Å². The molecule has 1 atom stereocenters. The SMILES string of the molecule is CC[C@@H](C)NC(=O)NC(=O)COC(=O)Cc1coc2cc(C)ccc12. The van der Waals surface area contributed by atoms with E-state index in [2.05, 4.69) is 10.6 Å². The number of ether oxygens (including phenoxy) is 1. The summed E-state index contributed by atoms with van der Waals surface area (Å²) >= 11 is 0. The average Bonchev–Trinajstić information content (AvgIpc) is 2.94. The highest BCUT2D eigenvalue weighted by atomic mass is 16.5. The van der Waals surface area contributed by atoms with Crippen molar-refractivity contribution in [3.63, 3.8) is 0 Å². The standard InChI is InChI=1S/C18H22N2O5/c1-4-12(3)19-18(23)20-16(21)10-25-17(22)8-13-9-24-15-7-11(2)5-6-14(13)15/h5-7,9,12H,4,8,10H2,1-3H3,(H2,19,20,21,23)/t12-/m1/s1. The molecule has 0 saturated carbocycles. The highest BCUT2D eigenvalue weighted by Gasteiger charge is 2.15. The molecule has 25 heavy (non-hydrogen) atoms. The summed E-state index contributed by atoms with van der Waals surface area (Å²) in [4.78, 5) is 35.0. The van der Waals surface area contributed by atoms with Gasteiger partial charge in [-0.05, 0) is 31.9 Å². The van der Waals surface area contributed by atoms with E-state index < -0.39 is 24.5 Å². The Kier molecular flexibility index (Phi) is 6.16. The number of amides is 3. The highest BCUT2D eigenvalue weighted by molar-refractivity contribution is 5.95. The minimum atomic E-state index is -0.679. The predicted molar refractivity (Wildman–Crippen MR) is 92.0 cm³/mol. The van der Waals surface area contributed by atoms with Gasteiger partial charge in [0.25, 0.3) is 5.91 Å². The molecule has 2 N–H and O–H groups in total. The third-order valence-corrected chi connectivity index (χ3v) is 3.75. The Morgan fingerprint density at radius 2 is 2.04 bits per heavy atom. The van der Waals surface area contributed by atoms with Crippen LogP contribution in [0.1, 0.15) is 31.4 Å². The lowest BCUT2D eigenvalue weighted by Gasteiger charge is -2.11. The van der Waals surface area contributed by atoms with Crippen LogP contribution in [0, 0.1) is 6.92 Å². The Bertz CT molecular complexity index is 781. The normalized spacial score (nSPS) is 11.8. The van der Waals surface area contributed by atoms with Gasteiger partial charge >= 0.3 is 12.0 Å². The molecule has 3 amide bonds. The molecule has 0 radical (unpaired) electrons. The average molecular weight is 346 g/mol. The zero-order valence-corrected chi connectivity index (χ0v) is 14.5. The quantitative estimate of drug-likeness (QED) is 0.783. The first-order valence-corrected chi connectivity index (χ1v) is 8.11. The molecule has 0 spiro atoms. The molecule has 7 heteroatoms. The number of rotatable bonds is 6. The van der Waals surface area contributed by atoms with Crippen LogP contribution in [-0.4, -0.2) is 30.6 Å². The number of hydrogen-bond donors (Lipinski definition) is 2. The minimum absolute atomic E-state index is 0.0115. The van der Waals surface area contributed by atoms with Crippen LogP contribution in [0.25, 0.3) is 11.0 Å². The number of furan rings is 1. The summed E-state index contributed by atoms with van der Waals surface area (Å²) in [6.07, 6.45) is 2.24. The van der Waals surface area contributed by atoms with E-state index in [1.807, 2.05) is 39.0 Å². The van der Waals surface area contributed by atoms with Crippen LogP contribution in [0.2, 0.25) is 0 Å². The summed E-state index contributed by atoms with van der Waals surface area (Å²) in [7, 11) is 0. The van der Waals surface area contributed by atoms with Gasteiger partial charge in [0.15, 0.2) is 6.61 Å².